The Hall–Kier alpha value is -3.72. The largest absolute Gasteiger partial charge is 0.447 e. The fourth-order valence-corrected chi connectivity index (χ4v) is 3.40. The van der Waals surface area contributed by atoms with Gasteiger partial charge >= 0.3 is 0 Å². The van der Waals surface area contributed by atoms with Crippen molar-refractivity contribution in [2.24, 2.45) is 0 Å². The summed E-state index contributed by atoms with van der Waals surface area (Å²) in [5.74, 6) is 1.71. The van der Waals surface area contributed by atoms with E-state index in [1.807, 2.05) is 36.4 Å². The molecule has 1 aliphatic rings. The predicted octanol–water partition coefficient (Wildman–Crippen LogP) is 3.40. The quantitative estimate of drug-likeness (QED) is 0.487. The SMILES string of the molecule is CC(=O)c1cc2nc(Nc3cc(-c4ccccc4)[nH]n3)nc(N3CCOCC3)c2o1. The van der Waals surface area contributed by atoms with Crippen LogP contribution in [-0.2, 0) is 4.74 Å². The number of nitrogens with zero attached hydrogens (tertiary/aromatic N) is 4. The molecule has 30 heavy (non-hydrogen) atoms. The Morgan fingerprint density at radius 3 is 2.70 bits per heavy atom. The fraction of sp³-hybridized carbons (Fsp3) is 0.238. The van der Waals surface area contributed by atoms with Gasteiger partial charge < -0.3 is 19.4 Å². The van der Waals surface area contributed by atoms with Gasteiger partial charge in [0.25, 0.3) is 0 Å². The van der Waals surface area contributed by atoms with Gasteiger partial charge in [-0.2, -0.15) is 10.1 Å². The Morgan fingerprint density at radius 2 is 1.93 bits per heavy atom. The van der Waals surface area contributed by atoms with Gasteiger partial charge in [0.05, 0.1) is 18.9 Å². The monoisotopic (exact) mass is 404 g/mol. The summed E-state index contributed by atoms with van der Waals surface area (Å²) in [6.45, 7) is 4.04. The molecule has 2 N–H and O–H groups in total. The van der Waals surface area contributed by atoms with Crippen LogP contribution in [0.2, 0.25) is 0 Å². The molecule has 1 saturated heterocycles. The first-order valence-corrected chi connectivity index (χ1v) is 9.70. The second-order valence-electron chi connectivity index (χ2n) is 7.01. The number of ether oxygens (including phenoxy) is 1. The summed E-state index contributed by atoms with van der Waals surface area (Å²) in [5, 5.41) is 10.5. The zero-order chi connectivity index (χ0) is 20.5. The Balaban J connectivity index is 1.51. The van der Waals surface area contributed by atoms with Gasteiger partial charge in [0, 0.05) is 32.1 Å². The molecule has 0 bridgehead atoms. The number of furan rings is 1. The summed E-state index contributed by atoms with van der Waals surface area (Å²) < 4.78 is 11.2. The standard InChI is InChI=1S/C21H20N6O3/c1-13(28)17-11-16-19(30-17)20(27-7-9-29-10-8-27)24-21(22-16)23-18-12-15(25-26-18)14-5-3-2-4-6-14/h2-6,11-12H,7-10H2,1H3,(H2,22,23,24,25,26). The molecule has 9 nitrogen and oxygen atoms in total. The number of rotatable bonds is 5. The number of anilines is 3. The lowest BCUT2D eigenvalue weighted by molar-refractivity contribution is 0.0989. The summed E-state index contributed by atoms with van der Waals surface area (Å²) in [6, 6.07) is 13.5. The normalized spacial score (nSPS) is 14.2. The number of nitrogens with one attached hydrogen (secondary N) is 2. The van der Waals surface area contributed by atoms with E-state index in [2.05, 4.69) is 30.4 Å². The number of Topliss-reactive ketones (excluding diaryl/α,β-unsaturated/α-hetero) is 1. The molecule has 0 unspecified atom stereocenters. The Kier molecular flexibility index (Phi) is 4.64. The molecule has 1 fully saturated rings. The number of carbonyl (C=O) groups is 1. The van der Waals surface area contributed by atoms with E-state index in [4.69, 9.17) is 9.15 Å². The molecule has 0 radical (unpaired) electrons. The average molecular weight is 404 g/mol. The van der Waals surface area contributed by atoms with Gasteiger partial charge in [0.2, 0.25) is 5.95 Å². The van der Waals surface area contributed by atoms with Crippen LogP contribution in [0.5, 0.6) is 0 Å². The van der Waals surface area contributed by atoms with Crippen molar-refractivity contribution in [3.8, 4) is 11.3 Å². The molecular weight excluding hydrogens is 384 g/mol. The molecule has 4 aromatic rings. The highest BCUT2D eigenvalue weighted by Gasteiger charge is 2.22. The molecule has 152 valence electrons. The highest BCUT2D eigenvalue weighted by atomic mass is 16.5. The number of ketones is 1. The summed E-state index contributed by atoms with van der Waals surface area (Å²) in [7, 11) is 0. The summed E-state index contributed by atoms with van der Waals surface area (Å²) in [5.41, 5.74) is 2.98. The number of aromatic amines is 1. The van der Waals surface area contributed by atoms with Crippen molar-refractivity contribution >= 4 is 34.5 Å². The van der Waals surface area contributed by atoms with E-state index in [0.29, 0.717) is 55.0 Å². The number of aromatic nitrogens is 4. The van der Waals surface area contributed by atoms with Crippen LogP contribution in [0, 0.1) is 0 Å². The second-order valence-corrected chi connectivity index (χ2v) is 7.01. The number of fused-ring (bicyclic) bond motifs is 1. The summed E-state index contributed by atoms with van der Waals surface area (Å²) in [6.07, 6.45) is 0. The van der Waals surface area contributed by atoms with E-state index in [1.54, 1.807) is 6.07 Å². The molecule has 0 spiro atoms. The number of morpholine rings is 1. The van der Waals surface area contributed by atoms with Crippen LogP contribution < -0.4 is 10.2 Å². The lowest BCUT2D eigenvalue weighted by Crippen LogP contribution is -2.37. The van der Waals surface area contributed by atoms with Gasteiger partial charge in [-0.25, -0.2) is 4.98 Å². The number of carbonyl (C=O) groups excluding carboxylic acids is 1. The van der Waals surface area contributed by atoms with Crippen molar-refractivity contribution < 1.29 is 13.9 Å². The van der Waals surface area contributed by atoms with Crippen LogP contribution in [0.3, 0.4) is 0 Å². The molecule has 3 aromatic heterocycles. The van der Waals surface area contributed by atoms with Gasteiger partial charge in [-0.15, -0.1) is 0 Å². The maximum atomic E-state index is 11.8. The van der Waals surface area contributed by atoms with Gasteiger partial charge in [-0.1, -0.05) is 30.3 Å². The van der Waals surface area contributed by atoms with Gasteiger partial charge in [0.1, 0.15) is 5.52 Å². The maximum absolute atomic E-state index is 11.8. The van der Waals surface area contributed by atoms with Crippen LogP contribution >= 0.6 is 0 Å². The fourth-order valence-electron chi connectivity index (χ4n) is 3.40. The first-order chi connectivity index (χ1) is 14.7. The third kappa shape index (κ3) is 3.50. The van der Waals surface area contributed by atoms with E-state index in [1.165, 1.54) is 6.92 Å². The molecule has 0 amide bonds. The third-order valence-corrected chi connectivity index (χ3v) is 4.91. The number of H-pyrrole nitrogens is 1. The Bertz CT molecular complexity index is 1190. The van der Waals surface area contributed by atoms with Crippen molar-refractivity contribution in [1.82, 2.24) is 20.2 Å². The van der Waals surface area contributed by atoms with Crippen LogP contribution in [0.1, 0.15) is 17.5 Å². The lowest BCUT2D eigenvalue weighted by atomic mass is 10.2. The van der Waals surface area contributed by atoms with E-state index >= 15 is 0 Å². The molecule has 9 heteroatoms. The molecule has 0 aliphatic carbocycles. The summed E-state index contributed by atoms with van der Waals surface area (Å²) in [4.78, 5) is 23.1. The zero-order valence-corrected chi connectivity index (χ0v) is 16.4. The van der Waals surface area contributed by atoms with Crippen LogP contribution in [0.15, 0.2) is 46.9 Å². The van der Waals surface area contributed by atoms with Gasteiger partial charge in [-0.05, 0) is 5.56 Å². The van der Waals surface area contributed by atoms with Crippen molar-refractivity contribution in [3.63, 3.8) is 0 Å². The van der Waals surface area contributed by atoms with E-state index in [0.717, 1.165) is 11.3 Å². The molecule has 1 aliphatic heterocycles. The summed E-state index contributed by atoms with van der Waals surface area (Å²) >= 11 is 0. The van der Waals surface area contributed by atoms with Crippen molar-refractivity contribution in [3.05, 3.63) is 48.2 Å². The minimum absolute atomic E-state index is 0.157. The smallest absolute Gasteiger partial charge is 0.231 e. The number of benzene rings is 1. The first-order valence-electron chi connectivity index (χ1n) is 9.70. The van der Waals surface area contributed by atoms with Crippen LogP contribution in [0.4, 0.5) is 17.6 Å². The molecule has 4 heterocycles. The Labute approximate surface area is 172 Å². The van der Waals surface area contributed by atoms with Gasteiger partial charge in [0.15, 0.2) is 28.8 Å². The number of hydrogen-bond donors (Lipinski definition) is 2. The van der Waals surface area contributed by atoms with Crippen LogP contribution in [0.25, 0.3) is 22.4 Å². The molecule has 5 rings (SSSR count). The maximum Gasteiger partial charge on any atom is 0.231 e. The molecule has 0 atom stereocenters. The lowest BCUT2D eigenvalue weighted by Gasteiger charge is -2.27. The van der Waals surface area contributed by atoms with Crippen molar-refractivity contribution in [2.75, 3.05) is 36.5 Å². The van der Waals surface area contributed by atoms with Crippen molar-refractivity contribution in [1.29, 1.82) is 0 Å². The predicted molar refractivity (Wildman–Crippen MR) is 112 cm³/mol. The average Bonchev–Trinajstić information content (AvgIpc) is 3.42. The molecule has 0 saturated carbocycles. The molecule has 1 aromatic carbocycles. The Morgan fingerprint density at radius 1 is 1.13 bits per heavy atom. The van der Waals surface area contributed by atoms with Gasteiger partial charge in [-0.3, -0.25) is 9.89 Å². The van der Waals surface area contributed by atoms with E-state index < -0.39 is 0 Å². The van der Waals surface area contributed by atoms with E-state index in [-0.39, 0.29) is 11.5 Å². The van der Waals surface area contributed by atoms with Crippen LogP contribution in [-0.4, -0.2) is 52.3 Å². The first kappa shape index (κ1) is 18.3. The zero-order valence-electron chi connectivity index (χ0n) is 16.4. The topological polar surface area (TPSA) is 109 Å². The number of hydrogen-bond acceptors (Lipinski definition) is 8. The minimum Gasteiger partial charge on any atom is -0.447 e. The highest BCUT2D eigenvalue weighted by Crippen LogP contribution is 2.30. The second kappa shape index (κ2) is 7.60. The molecular formula is C21H20N6O3. The van der Waals surface area contributed by atoms with E-state index in [9.17, 15) is 4.79 Å². The minimum atomic E-state index is -0.157. The third-order valence-electron chi connectivity index (χ3n) is 4.91. The highest BCUT2D eigenvalue weighted by molar-refractivity contribution is 5.97. The van der Waals surface area contributed by atoms with Crippen molar-refractivity contribution in [2.45, 2.75) is 6.92 Å².